The van der Waals surface area contributed by atoms with Gasteiger partial charge in [-0.15, -0.1) is 10.2 Å². The number of nitrogens with zero attached hydrogens (tertiary/aromatic N) is 3. The Bertz CT molecular complexity index is 716. The fourth-order valence-electron chi connectivity index (χ4n) is 2.39. The van der Waals surface area contributed by atoms with E-state index < -0.39 is 0 Å². The van der Waals surface area contributed by atoms with E-state index in [1.165, 1.54) is 11.8 Å². The molecule has 1 aromatic heterocycles. The number of thioether (sulfide) groups is 1. The molecule has 1 aliphatic rings. The molecule has 0 N–H and O–H groups in total. The van der Waals surface area contributed by atoms with Gasteiger partial charge in [0.05, 0.1) is 5.75 Å². The number of amides is 1. The van der Waals surface area contributed by atoms with Crippen molar-refractivity contribution in [3.63, 3.8) is 0 Å². The Morgan fingerprint density at radius 1 is 1.38 bits per heavy atom. The molecular weight excluding hydrogens is 350 g/mol. The molecule has 0 saturated carbocycles. The summed E-state index contributed by atoms with van der Waals surface area (Å²) in [5.41, 5.74) is 0.941. The third kappa shape index (κ3) is 4.42. The van der Waals surface area contributed by atoms with Gasteiger partial charge in [-0.25, -0.2) is 0 Å². The first-order valence-corrected chi connectivity index (χ1v) is 9.10. The van der Waals surface area contributed by atoms with Gasteiger partial charge in [0.25, 0.3) is 11.1 Å². The number of halogens is 1. The maximum atomic E-state index is 12.0. The van der Waals surface area contributed by atoms with Gasteiger partial charge in [-0.05, 0) is 43.5 Å². The van der Waals surface area contributed by atoms with E-state index in [-0.39, 0.29) is 12.5 Å². The third-order valence-corrected chi connectivity index (χ3v) is 4.95. The number of aryl methyl sites for hydroxylation is 1. The summed E-state index contributed by atoms with van der Waals surface area (Å²) in [6.07, 6.45) is 2.17. The second kappa shape index (κ2) is 7.90. The Morgan fingerprint density at radius 2 is 2.17 bits per heavy atom. The van der Waals surface area contributed by atoms with E-state index >= 15 is 0 Å². The third-order valence-electron chi connectivity index (χ3n) is 3.72. The first-order chi connectivity index (χ1) is 11.6. The quantitative estimate of drug-likeness (QED) is 0.729. The summed E-state index contributed by atoms with van der Waals surface area (Å²) in [7, 11) is 0. The topological polar surface area (TPSA) is 68.5 Å². The highest BCUT2D eigenvalue weighted by Crippen LogP contribution is 2.22. The highest BCUT2D eigenvalue weighted by Gasteiger charge is 2.19. The summed E-state index contributed by atoms with van der Waals surface area (Å²) in [6, 6.07) is 5.42. The molecule has 0 bridgehead atoms. The zero-order valence-electron chi connectivity index (χ0n) is 13.3. The van der Waals surface area contributed by atoms with Crippen molar-refractivity contribution in [1.82, 2.24) is 15.1 Å². The molecule has 8 heteroatoms. The molecule has 0 unspecified atom stereocenters. The van der Waals surface area contributed by atoms with E-state index in [0.29, 0.717) is 27.6 Å². The van der Waals surface area contributed by atoms with Crippen LogP contribution in [0.1, 0.15) is 24.3 Å². The van der Waals surface area contributed by atoms with Crippen molar-refractivity contribution < 1.29 is 13.9 Å². The first-order valence-electron chi connectivity index (χ1n) is 7.74. The first kappa shape index (κ1) is 17.1. The second-order valence-electron chi connectivity index (χ2n) is 5.54. The maximum Gasteiger partial charge on any atom is 0.277 e. The summed E-state index contributed by atoms with van der Waals surface area (Å²) in [5, 5.41) is 8.95. The molecule has 0 aliphatic carbocycles. The largest absolute Gasteiger partial charge is 0.484 e. The van der Waals surface area contributed by atoms with Gasteiger partial charge in [0, 0.05) is 18.1 Å². The molecule has 1 fully saturated rings. The van der Waals surface area contributed by atoms with Gasteiger partial charge in [-0.2, -0.15) is 0 Å². The lowest BCUT2D eigenvalue weighted by atomic mass is 10.2. The monoisotopic (exact) mass is 367 g/mol. The van der Waals surface area contributed by atoms with Crippen molar-refractivity contribution in [2.45, 2.75) is 31.6 Å². The van der Waals surface area contributed by atoms with Crippen LogP contribution in [0.4, 0.5) is 0 Å². The molecule has 1 aromatic carbocycles. The number of carbonyl (C=O) groups is 1. The summed E-state index contributed by atoms with van der Waals surface area (Å²) in [4.78, 5) is 13.8. The minimum Gasteiger partial charge on any atom is -0.484 e. The van der Waals surface area contributed by atoms with Gasteiger partial charge in [-0.1, -0.05) is 23.4 Å². The zero-order valence-corrected chi connectivity index (χ0v) is 14.9. The van der Waals surface area contributed by atoms with Gasteiger partial charge in [0.15, 0.2) is 6.61 Å². The average molecular weight is 368 g/mol. The van der Waals surface area contributed by atoms with Crippen LogP contribution in [0, 0.1) is 6.92 Å². The second-order valence-corrected chi connectivity index (χ2v) is 6.87. The molecule has 128 valence electrons. The molecular formula is C16H18ClN3O3S. The van der Waals surface area contributed by atoms with E-state index in [0.717, 1.165) is 31.5 Å². The van der Waals surface area contributed by atoms with Crippen LogP contribution in [-0.4, -0.2) is 39.8 Å². The number of hydrogen-bond acceptors (Lipinski definition) is 6. The van der Waals surface area contributed by atoms with Crippen LogP contribution in [0.5, 0.6) is 5.75 Å². The van der Waals surface area contributed by atoms with E-state index in [4.69, 9.17) is 20.8 Å². The van der Waals surface area contributed by atoms with Crippen molar-refractivity contribution in [1.29, 1.82) is 0 Å². The van der Waals surface area contributed by atoms with Gasteiger partial charge in [-0.3, -0.25) is 4.79 Å². The van der Waals surface area contributed by atoms with Crippen molar-refractivity contribution in [3.05, 3.63) is 34.7 Å². The molecule has 3 rings (SSSR count). The van der Waals surface area contributed by atoms with Crippen LogP contribution in [-0.2, 0) is 11.4 Å². The van der Waals surface area contributed by atoms with Crippen molar-refractivity contribution in [2.24, 2.45) is 0 Å². The minimum atomic E-state index is 0.116. The van der Waals surface area contributed by atoms with E-state index in [9.17, 15) is 4.79 Å². The van der Waals surface area contributed by atoms with Crippen molar-refractivity contribution in [3.8, 4) is 5.75 Å². The van der Waals surface area contributed by atoms with Crippen LogP contribution in [0.25, 0.3) is 0 Å². The zero-order chi connectivity index (χ0) is 16.9. The average Bonchev–Trinajstić information content (AvgIpc) is 3.25. The number of benzene rings is 1. The van der Waals surface area contributed by atoms with Crippen molar-refractivity contribution >= 4 is 29.3 Å². The molecule has 0 atom stereocenters. The Kier molecular flexibility index (Phi) is 5.63. The number of likely N-dealkylation sites (tertiary alicyclic amines) is 1. The van der Waals surface area contributed by atoms with Crippen LogP contribution in [0.15, 0.2) is 27.8 Å². The van der Waals surface area contributed by atoms with E-state index in [1.807, 2.05) is 17.9 Å². The number of carbonyl (C=O) groups excluding carboxylic acids is 1. The lowest BCUT2D eigenvalue weighted by Gasteiger charge is -2.13. The number of aromatic nitrogens is 2. The van der Waals surface area contributed by atoms with E-state index in [2.05, 4.69) is 10.2 Å². The summed E-state index contributed by atoms with van der Waals surface area (Å²) >= 11 is 7.24. The van der Waals surface area contributed by atoms with Crippen LogP contribution >= 0.6 is 23.4 Å². The Balaban J connectivity index is 1.48. The summed E-state index contributed by atoms with van der Waals surface area (Å²) in [5.74, 6) is 1.50. The molecule has 0 radical (unpaired) electrons. The van der Waals surface area contributed by atoms with Crippen molar-refractivity contribution in [2.75, 3.05) is 18.8 Å². The number of rotatable bonds is 6. The smallest absolute Gasteiger partial charge is 0.277 e. The minimum absolute atomic E-state index is 0.116. The normalized spacial score (nSPS) is 14.2. The number of ether oxygens (including phenoxy) is 1. The summed E-state index contributed by atoms with van der Waals surface area (Å²) in [6.45, 7) is 3.79. The Morgan fingerprint density at radius 3 is 2.92 bits per heavy atom. The molecule has 1 amide bonds. The SMILES string of the molecule is Cc1cc(OCc2nnc(SCC(=O)N3CCCC3)o2)ccc1Cl. The van der Waals surface area contributed by atoms with E-state index in [1.54, 1.807) is 12.1 Å². The fourth-order valence-corrected chi connectivity index (χ4v) is 3.19. The Labute approximate surface area is 149 Å². The predicted octanol–water partition coefficient (Wildman–Crippen LogP) is 3.32. The van der Waals surface area contributed by atoms with Gasteiger partial charge in [0.1, 0.15) is 5.75 Å². The Hall–Kier alpha value is -1.73. The standard InChI is InChI=1S/C16H18ClN3O3S/c1-11-8-12(4-5-13(11)17)22-9-14-18-19-16(23-14)24-10-15(21)20-6-2-3-7-20/h4-5,8H,2-3,6-7,9-10H2,1H3. The molecule has 0 spiro atoms. The maximum absolute atomic E-state index is 12.0. The van der Waals surface area contributed by atoms with Gasteiger partial charge in [0.2, 0.25) is 5.91 Å². The van der Waals surface area contributed by atoms with Crippen LogP contribution < -0.4 is 4.74 Å². The number of hydrogen-bond donors (Lipinski definition) is 0. The fraction of sp³-hybridized carbons (Fsp3) is 0.438. The van der Waals surface area contributed by atoms with Gasteiger partial charge < -0.3 is 14.1 Å². The van der Waals surface area contributed by atoms with Gasteiger partial charge >= 0.3 is 0 Å². The lowest BCUT2D eigenvalue weighted by Crippen LogP contribution is -2.29. The molecule has 2 aromatic rings. The molecule has 1 saturated heterocycles. The summed E-state index contributed by atoms with van der Waals surface area (Å²) < 4.78 is 11.1. The highest BCUT2D eigenvalue weighted by atomic mass is 35.5. The lowest BCUT2D eigenvalue weighted by molar-refractivity contribution is -0.127. The predicted molar refractivity (Wildman–Crippen MR) is 91.4 cm³/mol. The molecule has 24 heavy (non-hydrogen) atoms. The van der Waals surface area contributed by atoms with Crippen LogP contribution in [0.2, 0.25) is 5.02 Å². The molecule has 6 nitrogen and oxygen atoms in total. The molecule has 2 heterocycles. The van der Waals surface area contributed by atoms with Crippen LogP contribution in [0.3, 0.4) is 0 Å². The molecule has 1 aliphatic heterocycles. The highest BCUT2D eigenvalue weighted by molar-refractivity contribution is 7.99.